The van der Waals surface area contributed by atoms with Crippen molar-refractivity contribution in [3.05, 3.63) is 102 Å². The van der Waals surface area contributed by atoms with Crippen LogP contribution >= 0.6 is 0 Å². The topological polar surface area (TPSA) is 117 Å². The van der Waals surface area contributed by atoms with E-state index in [0.717, 1.165) is 27.6 Å². The molecule has 1 atom stereocenters. The highest BCUT2D eigenvalue weighted by Gasteiger charge is 2.23. The van der Waals surface area contributed by atoms with Crippen molar-refractivity contribution < 1.29 is 19.2 Å². The average molecular weight is 551 g/mol. The lowest BCUT2D eigenvalue weighted by atomic mass is 10.0. The van der Waals surface area contributed by atoms with Gasteiger partial charge in [0.05, 0.1) is 30.6 Å². The van der Waals surface area contributed by atoms with Gasteiger partial charge in [0.2, 0.25) is 11.8 Å². The Bertz CT molecular complexity index is 1530. The molecule has 0 aliphatic rings. The monoisotopic (exact) mass is 550 g/mol. The lowest BCUT2D eigenvalue weighted by molar-refractivity contribution is -0.127. The third-order valence-electron chi connectivity index (χ3n) is 6.52. The fourth-order valence-electron chi connectivity index (χ4n) is 4.45. The van der Waals surface area contributed by atoms with Crippen molar-refractivity contribution in [2.24, 2.45) is 5.92 Å². The van der Waals surface area contributed by atoms with Crippen LogP contribution in [0.4, 0.5) is 0 Å². The van der Waals surface area contributed by atoms with Gasteiger partial charge in [0.25, 0.3) is 5.91 Å². The number of para-hydroxylation sites is 1. The van der Waals surface area contributed by atoms with Crippen LogP contribution in [0.25, 0.3) is 22.0 Å². The van der Waals surface area contributed by atoms with Gasteiger partial charge in [-0.15, -0.1) is 0 Å². The van der Waals surface area contributed by atoms with E-state index in [9.17, 15) is 19.2 Å². The number of nitrogens with one attached hydrogen (secondary N) is 3. The van der Waals surface area contributed by atoms with Crippen LogP contribution in [-0.4, -0.2) is 47.6 Å². The van der Waals surface area contributed by atoms with Crippen LogP contribution in [0.5, 0.6) is 0 Å². The van der Waals surface area contributed by atoms with Crippen molar-refractivity contribution >= 4 is 34.4 Å². The van der Waals surface area contributed by atoms with Crippen LogP contribution in [0.2, 0.25) is 0 Å². The molecule has 4 rings (SSSR count). The summed E-state index contributed by atoms with van der Waals surface area (Å²) in [7, 11) is 0. The maximum absolute atomic E-state index is 12.9. The number of aromatic nitrogens is 1. The molecule has 0 unspecified atom stereocenters. The van der Waals surface area contributed by atoms with Crippen LogP contribution < -0.4 is 16.0 Å². The molecule has 0 radical (unpaired) electrons. The lowest BCUT2D eigenvalue weighted by Crippen LogP contribution is -2.49. The number of amides is 3. The van der Waals surface area contributed by atoms with Crippen molar-refractivity contribution in [1.82, 2.24) is 20.9 Å². The van der Waals surface area contributed by atoms with Gasteiger partial charge in [-0.1, -0.05) is 86.6 Å². The normalized spacial score (nSPS) is 11.6. The number of benzene rings is 3. The van der Waals surface area contributed by atoms with E-state index in [2.05, 4.69) is 20.9 Å². The van der Waals surface area contributed by atoms with Gasteiger partial charge in [0, 0.05) is 11.6 Å². The largest absolute Gasteiger partial charge is 0.349 e. The van der Waals surface area contributed by atoms with Crippen molar-refractivity contribution in [1.29, 1.82) is 0 Å². The SMILES string of the molecule is CC(C)C[C@H](NC(=O)c1cnc2ccccc2c1)C(=O)NCC(=O)CNC(=O)Cc1cccc(-c2ccccc2)c1. The van der Waals surface area contributed by atoms with Crippen LogP contribution in [0, 0.1) is 5.92 Å². The third kappa shape index (κ3) is 8.57. The fourth-order valence-corrected chi connectivity index (χ4v) is 4.45. The van der Waals surface area contributed by atoms with Gasteiger partial charge < -0.3 is 16.0 Å². The van der Waals surface area contributed by atoms with Gasteiger partial charge in [0.15, 0.2) is 5.78 Å². The molecular formula is C33H34N4O4. The highest BCUT2D eigenvalue weighted by atomic mass is 16.2. The van der Waals surface area contributed by atoms with Gasteiger partial charge in [-0.3, -0.25) is 24.2 Å². The van der Waals surface area contributed by atoms with Crippen molar-refractivity contribution in [3.8, 4) is 11.1 Å². The van der Waals surface area contributed by atoms with Crippen molar-refractivity contribution in [2.75, 3.05) is 13.1 Å². The van der Waals surface area contributed by atoms with E-state index in [1.807, 2.05) is 92.7 Å². The molecule has 1 aromatic heterocycles. The van der Waals surface area contributed by atoms with Gasteiger partial charge in [0.1, 0.15) is 6.04 Å². The maximum Gasteiger partial charge on any atom is 0.253 e. The zero-order chi connectivity index (χ0) is 29.2. The number of carbonyl (C=O) groups is 4. The molecule has 8 heteroatoms. The second kappa shape index (κ2) is 14.0. The highest BCUT2D eigenvalue weighted by Crippen LogP contribution is 2.20. The molecule has 0 aliphatic heterocycles. The summed E-state index contributed by atoms with van der Waals surface area (Å²) in [5.74, 6) is -1.39. The second-order valence-corrected chi connectivity index (χ2v) is 10.3. The Morgan fingerprint density at radius 2 is 1.49 bits per heavy atom. The summed E-state index contributed by atoms with van der Waals surface area (Å²) in [6, 6.07) is 25.9. The minimum Gasteiger partial charge on any atom is -0.349 e. The minimum atomic E-state index is -0.826. The van der Waals surface area contributed by atoms with E-state index in [1.54, 1.807) is 6.07 Å². The summed E-state index contributed by atoms with van der Waals surface area (Å²) in [5.41, 5.74) is 4.01. The summed E-state index contributed by atoms with van der Waals surface area (Å²) in [4.78, 5) is 55.0. The van der Waals surface area contributed by atoms with Crippen LogP contribution in [0.1, 0.15) is 36.2 Å². The zero-order valence-corrected chi connectivity index (χ0v) is 23.2. The fraction of sp³-hybridized carbons (Fsp3) is 0.242. The minimum absolute atomic E-state index is 0.121. The van der Waals surface area contributed by atoms with Gasteiger partial charge in [-0.2, -0.15) is 0 Å². The van der Waals surface area contributed by atoms with Gasteiger partial charge >= 0.3 is 0 Å². The first-order valence-electron chi connectivity index (χ1n) is 13.6. The Balaban J connectivity index is 1.26. The van der Waals surface area contributed by atoms with Crippen LogP contribution in [0.3, 0.4) is 0 Å². The molecule has 8 nitrogen and oxygen atoms in total. The second-order valence-electron chi connectivity index (χ2n) is 10.3. The number of hydrogen-bond donors (Lipinski definition) is 3. The number of fused-ring (bicyclic) bond motifs is 1. The molecule has 3 N–H and O–H groups in total. The number of ketones is 1. The Hall–Kier alpha value is -4.85. The molecular weight excluding hydrogens is 516 g/mol. The van der Waals surface area contributed by atoms with Gasteiger partial charge in [-0.05, 0) is 41.2 Å². The Morgan fingerprint density at radius 1 is 0.780 bits per heavy atom. The first-order chi connectivity index (χ1) is 19.8. The predicted octanol–water partition coefficient (Wildman–Crippen LogP) is 4.09. The number of hydrogen-bond acceptors (Lipinski definition) is 5. The number of rotatable bonds is 12. The standard InChI is InChI=1S/C33H34N4O4/c1-22(2)15-30(37-32(40)27-18-26-12-6-7-14-29(26)34-19-27)33(41)36-21-28(38)20-35-31(39)17-23-9-8-13-25(16-23)24-10-4-3-5-11-24/h3-14,16,18-19,22,30H,15,17,20-21H2,1-2H3,(H,35,39)(H,36,41)(H,37,40)/t30-/m0/s1. The summed E-state index contributed by atoms with van der Waals surface area (Å²) in [6.07, 6.45) is 2.00. The highest BCUT2D eigenvalue weighted by molar-refractivity contribution is 6.00. The summed E-state index contributed by atoms with van der Waals surface area (Å²) >= 11 is 0. The zero-order valence-electron chi connectivity index (χ0n) is 23.2. The molecule has 0 bridgehead atoms. The molecule has 3 amide bonds. The molecule has 0 saturated carbocycles. The van der Waals surface area contributed by atoms with Crippen molar-refractivity contribution in [2.45, 2.75) is 32.7 Å². The Morgan fingerprint density at radius 3 is 2.27 bits per heavy atom. The summed E-state index contributed by atoms with van der Waals surface area (Å²) in [6.45, 7) is 3.42. The quantitative estimate of drug-likeness (QED) is 0.246. The number of Topliss-reactive ketones (excluding diaryl/α,β-unsaturated/α-hetero) is 1. The number of pyridine rings is 1. The Kier molecular flexibility index (Phi) is 9.94. The summed E-state index contributed by atoms with van der Waals surface area (Å²) < 4.78 is 0. The molecule has 3 aromatic carbocycles. The summed E-state index contributed by atoms with van der Waals surface area (Å²) in [5, 5.41) is 8.83. The molecule has 41 heavy (non-hydrogen) atoms. The van der Waals surface area contributed by atoms with E-state index >= 15 is 0 Å². The first-order valence-corrected chi connectivity index (χ1v) is 13.6. The van der Waals surface area contributed by atoms with E-state index in [1.165, 1.54) is 6.20 Å². The smallest absolute Gasteiger partial charge is 0.253 e. The van der Waals surface area contributed by atoms with Gasteiger partial charge in [-0.25, -0.2) is 0 Å². The lowest BCUT2D eigenvalue weighted by Gasteiger charge is -2.20. The average Bonchev–Trinajstić information content (AvgIpc) is 2.98. The van der Waals surface area contributed by atoms with E-state index in [4.69, 9.17) is 0 Å². The van der Waals surface area contributed by atoms with E-state index in [-0.39, 0.29) is 37.1 Å². The molecule has 1 heterocycles. The molecule has 0 saturated heterocycles. The first kappa shape index (κ1) is 29.1. The maximum atomic E-state index is 12.9. The molecule has 210 valence electrons. The van der Waals surface area contributed by atoms with Crippen molar-refractivity contribution in [3.63, 3.8) is 0 Å². The molecule has 0 spiro atoms. The van der Waals surface area contributed by atoms with E-state index in [0.29, 0.717) is 12.0 Å². The molecule has 4 aromatic rings. The van der Waals surface area contributed by atoms with E-state index < -0.39 is 17.9 Å². The van der Waals surface area contributed by atoms with Crippen LogP contribution in [0.15, 0.2) is 91.1 Å². The van der Waals surface area contributed by atoms with Crippen LogP contribution in [-0.2, 0) is 20.8 Å². The molecule has 0 fully saturated rings. The molecule has 0 aliphatic carbocycles. The number of nitrogens with zero attached hydrogens (tertiary/aromatic N) is 1. The number of carbonyl (C=O) groups excluding carboxylic acids is 4. The third-order valence-corrected chi connectivity index (χ3v) is 6.52. The predicted molar refractivity (Wildman–Crippen MR) is 159 cm³/mol. The Labute approximate surface area is 239 Å².